The van der Waals surface area contributed by atoms with Gasteiger partial charge >= 0.3 is 5.97 Å². The molecule has 0 radical (unpaired) electrons. The van der Waals surface area contributed by atoms with Gasteiger partial charge in [-0.05, 0) is 35.6 Å². The van der Waals surface area contributed by atoms with E-state index in [0.717, 1.165) is 13.1 Å². The van der Waals surface area contributed by atoms with Crippen LogP contribution in [0.25, 0.3) is 0 Å². The summed E-state index contributed by atoms with van der Waals surface area (Å²) in [5.41, 5.74) is 0. The minimum absolute atomic E-state index is 0.00149. The fraction of sp³-hybridized carbons (Fsp3) is 0.429. The van der Waals surface area contributed by atoms with Crippen LogP contribution >= 0.6 is 0 Å². The minimum atomic E-state index is -0.394. The Morgan fingerprint density at radius 3 is 2.62 bits per heavy atom. The van der Waals surface area contributed by atoms with Crippen LogP contribution in [0.15, 0.2) is 30.3 Å². The van der Waals surface area contributed by atoms with Crippen LogP contribution in [0, 0.1) is 0 Å². The van der Waals surface area contributed by atoms with Crippen LogP contribution in [0.2, 0.25) is 0 Å². The first-order valence-electron chi connectivity index (χ1n) is 6.96. The average molecular weight is 289 g/mol. The highest BCUT2D eigenvalue weighted by molar-refractivity contribution is 5.72. The molecule has 21 heavy (non-hydrogen) atoms. The van der Waals surface area contributed by atoms with E-state index in [1.807, 2.05) is 18.2 Å². The van der Waals surface area contributed by atoms with Crippen molar-refractivity contribution in [3.05, 3.63) is 36.2 Å². The number of nitrogens with zero attached hydrogens (tertiary/aromatic N) is 5. The lowest BCUT2D eigenvalue weighted by Crippen LogP contribution is -2.26. The quantitative estimate of drug-likeness (QED) is 0.562. The summed E-state index contributed by atoms with van der Waals surface area (Å²) in [5.74, 6) is 0.777. The first-order valence-corrected chi connectivity index (χ1v) is 6.96. The molecular weight excluding hydrogens is 270 g/mol. The molecule has 2 aromatic rings. The molecule has 0 aliphatic carbocycles. The SMILES string of the molecule is CCN(CC)Cc1nnnn1CC(=O)Oc1ccccc1. The topological polar surface area (TPSA) is 73.1 Å². The van der Waals surface area contributed by atoms with Gasteiger partial charge in [0.25, 0.3) is 0 Å². The van der Waals surface area contributed by atoms with Crippen molar-refractivity contribution < 1.29 is 9.53 Å². The first-order chi connectivity index (χ1) is 10.2. The van der Waals surface area contributed by atoms with E-state index in [0.29, 0.717) is 18.1 Å². The second-order valence-electron chi connectivity index (χ2n) is 4.50. The van der Waals surface area contributed by atoms with E-state index in [1.54, 1.807) is 12.1 Å². The molecule has 0 N–H and O–H groups in total. The lowest BCUT2D eigenvalue weighted by molar-refractivity contribution is -0.135. The normalized spacial score (nSPS) is 10.8. The lowest BCUT2D eigenvalue weighted by Gasteiger charge is -2.16. The summed E-state index contributed by atoms with van der Waals surface area (Å²) < 4.78 is 6.71. The monoisotopic (exact) mass is 289 g/mol. The summed E-state index contributed by atoms with van der Waals surface area (Å²) in [6, 6.07) is 8.94. The van der Waals surface area contributed by atoms with E-state index in [9.17, 15) is 4.79 Å². The molecule has 0 spiro atoms. The summed E-state index contributed by atoms with van der Waals surface area (Å²) in [6.45, 7) is 6.55. The summed E-state index contributed by atoms with van der Waals surface area (Å²) in [7, 11) is 0. The molecule has 0 bridgehead atoms. The second kappa shape index (κ2) is 7.49. The molecule has 7 nitrogen and oxygen atoms in total. The van der Waals surface area contributed by atoms with E-state index in [4.69, 9.17) is 4.74 Å². The van der Waals surface area contributed by atoms with Crippen molar-refractivity contribution in [2.24, 2.45) is 0 Å². The fourth-order valence-corrected chi connectivity index (χ4v) is 1.88. The molecule has 2 rings (SSSR count). The number of aromatic nitrogens is 4. The largest absolute Gasteiger partial charge is 0.425 e. The number of tetrazole rings is 1. The standard InChI is InChI=1S/C14H19N5O2/c1-3-18(4-2)10-13-15-16-17-19(13)11-14(20)21-12-8-6-5-7-9-12/h5-9H,3-4,10-11H2,1-2H3. The van der Waals surface area contributed by atoms with Crippen molar-refractivity contribution in [1.82, 2.24) is 25.1 Å². The van der Waals surface area contributed by atoms with Gasteiger partial charge in [0, 0.05) is 0 Å². The average Bonchev–Trinajstić information content (AvgIpc) is 2.92. The van der Waals surface area contributed by atoms with Gasteiger partial charge < -0.3 is 4.74 Å². The molecule has 1 aromatic heterocycles. The zero-order chi connectivity index (χ0) is 15.1. The van der Waals surface area contributed by atoms with Crippen molar-refractivity contribution in [2.45, 2.75) is 26.9 Å². The van der Waals surface area contributed by atoms with Gasteiger partial charge in [0.05, 0.1) is 6.54 Å². The number of benzene rings is 1. The number of hydrogen-bond donors (Lipinski definition) is 0. The predicted octanol–water partition coefficient (Wildman–Crippen LogP) is 1.12. The summed E-state index contributed by atoms with van der Waals surface area (Å²) in [4.78, 5) is 14.1. The Morgan fingerprint density at radius 1 is 1.24 bits per heavy atom. The lowest BCUT2D eigenvalue weighted by atomic mass is 10.3. The van der Waals surface area contributed by atoms with Crippen molar-refractivity contribution >= 4 is 5.97 Å². The van der Waals surface area contributed by atoms with E-state index in [2.05, 4.69) is 34.3 Å². The summed E-state index contributed by atoms with van der Waals surface area (Å²) in [5, 5.41) is 11.4. The van der Waals surface area contributed by atoms with Crippen LogP contribution in [-0.2, 0) is 17.9 Å². The van der Waals surface area contributed by atoms with E-state index in [-0.39, 0.29) is 6.54 Å². The maximum absolute atomic E-state index is 11.9. The molecule has 1 aromatic carbocycles. The van der Waals surface area contributed by atoms with Crippen molar-refractivity contribution in [3.63, 3.8) is 0 Å². The third-order valence-corrected chi connectivity index (χ3v) is 3.12. The van der Waals surface area contributed by atoms with Crippen molar-refractivity contribution in [1.29, 1.82) is 0 Å². The Bertz CT molecular complexity index is 566. The molecule has 0 aliphatic rings. The number of carbonyl (C=O) groups excluding carboxylic acids is 1. The van der Waals surface area contributed by atoms with E-state index >= 15 is 0 Å². The molecule has 0 amide bonds. The van der Waals surface area contributed by atoms with Gasteiger partial charge in [0.15, 0.2) is 5.82 Å². The Kier molecular flexibility index (Phi) is 5.39. The Balaban J connectivity index is 1.97. The third-order valence-electron chi connectivity index (χ3n) is 3.12. The number of hydrogen-bond acceptors (Lipinski definition) is 6. The van der Waals surface area contributed by atoms with E-state index < -0.39 is 5.97 Å². The van der Waals surface area contributed by atoms with Crippen LogP contribution in [-0.4, -0.2) is 44.2 Å². The van der Waals surface area contributed by atoms with Gasteiger partial charge in [-0.25, -0.2) is 9.48 Å². The summed E-state index contributed by atoms with van der Waals surface area (Å²) >= 11 is 0. The molecule has 0 saturated carbocycles. The fourth-order valence-electron chi connectivity index (χ4n) is 1.88. The van der Waals surface area contributed by atoms with Gasteiger partial charge in [-0.3, -0.25) is 4.90 Å². The second-order valence-corrected chi connectivity index (χ2v) is 4.50. The third kappa shape index (κ3) is 4.35. The zero-order valence-electron chi connectivity index (χ0n) is 12.3. The summed E-state index contributed by atoms with van der Waals surface area (Å²) in [6.07, 6.45) is 0. The number of carbonyl (C=O) groups is 1. The molecule has 112 valence electrons. The zero-order valence-corrected chi connectivity index (χ0v) is 12.3. The maximum Gasteiger partial charge on any atom is 0.333 e. The molecule has 0 saturated heterocycles. The predicted molar refractivity (Wildman–Crippen MR) is 76.5 cm³/mol. The molecule has 7 heteroatoms. The molecule has 0 unspecified atom stereocenters. The van der Waals surface area contributed by atoms with Gasteiger partial charge in [-0.1, -0.05) is 32.0 Å². The Hall–Kier alpha value is -2.28. The van der Waals surface area contributed by atoms with Crippen LogP contribution in [0.3, 0.4) is 0 Å². The molecular formula is C14H19N5O2. The van der Waals surface area contributed by atoms with Gasteiger partial charge in [-0.15, -0.1) is 5.10 Å². The Morgan fingerprint density at radius 2 is 1.95 bits per heavy atom. The van der Waals surface area contributed by atoms with Crippen molar-refractivity contribution in [2.75, 3.05) is 13.1 Å². The van der Waals surface area contributed by atoms with Crippen LogP contribution in [0.4, 0.5) is 0 Å². The number of esters is 1. The number of ether oxygens (including phenoxy) is 1. The maximum atomic E-state index is 11.9. The Labute approximate surface area is 123 Å². The molecule has 0 aliphatic heterocycles. The highest BCUT2D eigenvalue weighted by Crippen LogP contribution is 2.09. The first kappa shape index (κ1) is 15.1. The van der Waals surface area contributed by atoms with Crippen LogP contribution in [0.1, 0.15) is 19.7 Å². The van der Waals surface area contributed by atoms with Gasteiger partial charge in [-0.2, -0.15) is 0 Å². The van der Waals surface area contributed by atoms with Crippen LogP contribution < -0.4 is 4.74 Å². The number of rotatable bonds is 7. The van der Waals surface area contributed by atoms with Crippen LogP contribution in [0.5, 0.6) is 5.75 Å². The van der Waals surface area contributed by atoms with Crippen molar-refractivity contribution in [3.8, 4) is 5.75 Å². The van der Waals surface area contributed by atoms with Gasteiger partial charge in [0.1, 0.15) is 12.3 Å². The molecule has 0 fully saturated rings. The van der Waals surface area contributed by atoms with Gasteiger partial charge in [0.2, 0.25) is 0 Å². The smallest absolute Gasteiger partial charge is 0.333 e. The highest BCUT2D eigenvalue weighted by atomic mass is 16.5. The van der Waals surface area contributed by atoms with E-state index in [1.165, 1.54) is 4.68 Å². The number of para-hydroxylation sites is 1. The molecule has 1 heterocycles. The highest BCUT2D eigenvalue weighted by Gasteiger charge is 2.14. The minimum Gasteiger partial charge on any atom is -0.425 e. The molecule has 0 atom stereocenters.